The van der Waals surface area contributed by atoms with Crippen molar-refractivity contribution in [2.45, 2.75) is 24.9 Å². The quantitative estimate of drug-likeness (QED) is 0.222. The van der Waals surface area contributed by atoms with Gasteiger partial charge < -0.3 is 14.4 Å². The summed E-state index contributed by atoms with van der Waals surface area (Å²) >= 11 is 0. The average molecular weight is 496 g/mol. The number of hydrogen-bond acceptors (Lipinski definition) is 4. The van der Waals surface area contributed by atoms with Crippen LogP contribution in [-0.4, -0.2) is 12.5 Å². The highest BCUT2D eigenvalue weighted by Gasteiger charge is 2.54. The second-order valence-corrected chi connectivity index (χ2v) is 11.0. The van der Waals surface area contributed by atoms with Gasteiger partial charge in [-0.3, -0.25) is 0 Å². The van der Waals surface area contributed by atoms with E-state index in [0.29, 0.717) is 11.3 Å². The predicted molar refractivity (Wildman–Crippen MR) is 149 cm³/mol. The fraction of sp³-hybridized carbons (Fsp3) is 0.147. The summed E-state index contributed by atoms with van der Waals surface area (Å²) in [6, 6.07) is 34.9. The van der Waals surface area contributed by atoms with Gasteiger partial charge in [-0.05, 0) is 41.3 Å². The summed E-state index contributed by atoms with van der Waals surface area (Å²) in [6.07, 6.45) is 0. The SMILES string of the molecule is CC1(C)CN(c2ccc3c(c2)Oc2c(ccc4ccccc24)C32OC(=O)c3ccccc32)c2ccccc21. The molecule has 4 nitrogen and oxygen atoms in total. The number of benzene rings is 5. The Balaban J connectivity index is 1.39. The smallest absolute Gasteiger partial charge is 0.340 e. The molecule has 0 saturated carbocycles. The molecule has 5 aromatic carbocycles. The Morgan fingerprint density at radius 2 is 1.47 bits per heavy atom. The van der Waals surface area contributed by atoms with Gasteiger partial charge in [0.15, 0.2) is 5.60 Å². The molecule has 38 heavy (non-hydrogen) atoms. The zero-order valence-electron chi connectivity index (χ0n) is 21.2. The first-order chi connectivity index (χ1) is 18.5. The minimum Gasteiger partial charge on any atom is -0.456 e. The summed E-state index contributed by atoms with van der Waals surface area (Å²) in [5.41, 5.74) is 5.70. The van der Waals surface area contributed by atoms with Crippen LogP contribution in [0.4, 0.5) is 11.4 Å². The van der Waals surface area contributed by atoms with Crippen LogP contribution in [0.2, 0.25) is 0 Å². The van der Waals surface area contributed by atoms with Gasteiger partial charge in [-0.2, -0.15) is 0 Å². The van der Waals surface area contributed by atoms with Gasteiger partial charge in [-0.1, -0.05) is 80.6 Å². The molecular weight excluding hydrogens is 470 g/mol. The lowest BCUT2D eigenvalue weighted by molar-refractivity contribution is 0.0225. The van der Waals surface area contributed by atoms with E-state index >= 15 is 0 Å². The van der Waals surface area contributed by atoms with Gasteiger partial charge in [0.1, 0.15) is 11.5 Å². The predicted octanol–water partition coefficient (Wildman–Crippen LogP) is 7.84. The number of ether oxygens (including phenoxy) is 2. The third kappa shape index (κ3) is 2.67. The molecule has 3 aliphatic rings. The first kappa shape index (κ1) is 21.5. The fourth-order valence-electron chi connectivity index (χ4n) is 6.63. The van der Waals surface area contributed by atoms with Gasteiger partial charge in [0.05, 0.1) is 5.56 Å². The second kappa shape index (κ2) is 7.26. The van der Waals surface area contributed by atoms with E-state index in [4.69, 9.17) is 9.47 Å². The average Bonchev–Trinajstić information content (AvgIpc) is 3.39. The molecule has 0 aromatic heterocycles. The molecule has 0 saturated heterocycles. The Morgan fingerprint density at radius 3 is 2.37 bits per heavy atom. The number of rotatable bonds is 1. The van der Waals surface area contributed by atoms with Crippen LogP contribution in [0, 0.1) is 0 Å². The largest absolute Gasteiger partial charge is 0.456 e. The number of para-hydroxylation sites is 1. The third-order valence-electron chi connectivity index (χ3n) is 8.38. The Morgan fingerprint density at radius 1 is 0.737 bits per heavy atom. The monoisotopic (exact) mass is 495 g/mol. The van der Waals surface area contributed by atoms with Crippen molar-refractivity contribution >= 4 is 28.1 Å². The Labute approximate surface area is 221 Å². The molecule has 0 N–H and O–H groups in total. The molecule has 0 bridgehead atoms. The van der Waals surface area contributed by atoms with Crippen molar-refractivity contribution in [1.82, 2.24) is 0 Å². The lowest BCUT2D eigenvalue weighted by atomic mass is 9.77. The van der Waals surface area contributed by atoms with E-state index in [1.165, 1.54) is 11.3 Å². The van der Waals surface area contributed by atoms with Crippen molar-refractivity contribution in [1.29, 1.82) is 0 Å². The normalized spacial score (nSPS) is 19.9. The number of carbonyl (C=O) groups is 1. The highest BCUT2D eigenvalue weighted by atomic mass is 16.6. The van der Waals surface area contributed by atoms with E-state index in [1.54, 1.807) is 0 Å². The van der Waals surface area contributed by atoms with Gasteiger partial charge >= 0.3 is 5.97 Å². The minimum atomic E-state index is -1.07. The van der Waals surface area contributed by atoms with Gasteiger partial charge in [0.25, 0.3) is 0 Å². The topological polar surface area (TPSA) is 38.8 Å². The molecule has 8 rings (SSSR count). The molecule has 1 spiro atoms. The van der Waals surface area contributed by atoms with Gasteiger partial charge in [0, 0.05) is 51.5 Å². The second-order valence-electron chi connectivity index (χ2n) is 11.0. The third-order valence-corrected chi connectivity index (χ3v) is 8.38. The Hall–Kier alpha value is -4.57. The standard InChI is InChI=1S/C34H25NO3/c1-33(2)20-35(29-14-8-7-13-26(29)33)22-16-18-27-30(19-22)37-31-23-10-4-3-9-21(23)15-17-28(31)34(27)25-12-6-5-11-24(25)32(36)38-34/h3-19H,20H2,1-2H3. The number of anilines is 2. The van der Waals surface area contributed by atoms with Crippen LogP contribution in [0.5, 0.6) is 11.5 Å². The molecule has 0 radical (unpaired) electrons. The van der Waals surface area contributed by atoms with Crippen LogP contribution in [-0.2, 0) is 15.8 Å². The van der Waals surface area contributed by atoms with E-state index in [9.17, 15) is 4.79 Å². The van der Waals surface area contributed by atoms with Crippen molar-refractivity contribution in [3.8, 4) is 11.5 Å². The summed E-state index contributed by atoms with van der Waals surface area (Å²) in [7, 11) is 0. The van der Waals surface area contributed by atoms with Gasteiger partial charge in [-0.25, -0.2) is 4.79 Å². The van der Waals surface area contributed by atoms with Crippen LogP contribution >= 0.6 is 0 Å². The summed E-state index contributed by atoms with van der Waals surface area (Å²) < 4.78 is 13.1. The lowest BCUT2D eigenvalue weighted by Gasteiger charge is -2.37. The Bertz CT molecular complexity index is 1820. The number of carbonyl (C=O) groups excluding carboxylic acids is 1. The van der Waals surface area contributed by atoms with Crippen LogP contribution in [0.1, 0.15) is 46.5 Å². The van der Waals surface area contributed by atoms with E-state index < -0.39 is 5.60 Å². The van der Waals surface area contributed by atoms with Gasteiger partial charge in [-0.15, -0.1) is 0 Å². The minimum absolute atomic E-state index is 0.0251. The van der Waals surface area contributed by atoms with Gasteiger partial charge in [0.2, 0.25) is 0 Å². The highest BCUT2D eigenvalue weighted by Crippen LogP contribution is 2.58. The van der Waals surface area contributed by atoms with Crippen LogP contribution in [0.3, 0.4) is 0 Å². The highest BCUT2D eigenvalue weighted by molar-refractivity contribution is 5.99. The van der Waals surface area contributed by atoms with Crippen molar-refractivity contribution in [2.75, 3.05) is 11.4 Å². The first-order valence-corrected chi connectivity index (χ1v) is 13.0. The van der Waals surface area contributed by atoms with E-state index in [-0.39, 0.29) is 11.4 Å². The van der Waals surface area contributed by atoms with E-state index in [0.717, 1.165) is 45.4 Å². The van der Waals surface area contributed by atoms with E-state index in [2.05, 4.69) is 79.4 Å². The van der Waals surface area contributed by atoms with Crippen LogP contribution < -0.4 is 9.64 Å². The molecule has 3 aliphatic heterocycles. The number of hydrogen-bond donors (Lipinski definition) is 0. The Kier molecular flexibility index (Phi) is 4.11. The maximum absolute atomic E-state index is 13.2. The molecule has 1 atom stereocenters. The fourth-order valence-corrected chi connectivity index (χ4v) is 6.63. The molecule has 184 valence electrons. The number of nitrogens with zero attached hydrogens (tertiary/aromatic N) is 1. The maximum atomic E-state index is 13.2. The molecule has 4 heteroatoms. The first-order valence-electron chi connectivity index (χ1n) is 13.0. The zero-order valence-corrected chi connectivity index (χ0v) is 21.2. The molecule has 3 heterocycles. The number of fused-ring (bicyclic) bond motifs is 9. The number of esters is 1. The van der Waals surface area contributed by atoms with Crippen molar-refractivity contribution < 1.29 is 14.3 Å². The molecule has 0 aliphatic carbocycles. The molecular formula is C34H25NO3. The van der Waals surface area contributed by atoms with Crippen molar-refractivity contribution in [3.05, 3.63) is 131 Å². The molecule has 0 amide bonds. The van der Waals surface area contributed by atoms with Crippen LogP contribution in [0.25, 0.3) is 10.8 Å². The summed E-state index contributed by atoms with van der Waals surface area (Å²) in [5.74, 6) is 1.13. The molecule has 0 fully saturated rings. The van der Waals surface area contributed by atoms with E-state index in [1.807, 2.05) is 42.5 Å². The van der Waals surface area contributed by atoms with Crippen molar-refractivity contribution in [2.24, 2.45) is 0 Å². The van der Waals surface area contributed by atoms with Crippen LogP contribution in [0.15, 0.2) is 103 Å². The maximum Gasteiger partial charge on any atom is 0.340 e. The summed E-state index contributed by atoms with van der Waals surface area (Å²) in [6.45, 7) is 5.44. The zero-order chi connectivity index (χ0) is 25.6. The molecule has 5 aromatic rings. The molecule has 1 unspecified atom stereocenters. The summed E-state index contributed by atoms with van der Waals surface area (Å²) in [5, 5.41) is 2.07. The summed E-state index contributed by atoms with van der Waals surface area (Å²) in [4.78, 5) is 15.6. The lowest BCUT2D eigenvalue weighted by Crippen LogP contribution is -2.33. The van der Waals surface area contributed by atoms with Crippen molar-refractivity contribution in [3.63, 3.8) is 0 Å².